The second kappa shape index (κ2) is 23.1. The highest BCUT2D eigenvalue weighted by atomic mass is 16.8. The van der Waals surface area contributed by atoms with Crippen LogP contribution in [0.2, 0.25) is 0 Å². The van der Waals surface area contributed by atoms with Gasteiger partial charge in [0.1, 0.15) is 140 Å². The molecule has 0 amide bonds. The van der Waals surface area contributed by atoms with Crippen molar-refractivity contribution in [2.24, 2.45) is 0 Å². The van der Waals surface area contributed by atoms with Crippen LogP contribution in [-0.2, 0) is 61.6 Å². The van der Waals surface area contributed by atoms with Gasteiger partial charge >= 0.3 is 6.16 Å². The van der Waals surface area contributed by atoms with Crippen LogP contribution >= 0.6 is 0 Å². The molecule has 12 bridgehead atoms. The maximum Gasteiger partial charge on any atom is 0.506 e. The Hall–Kier alpha value is -1.89. The van der Waals surface area contributed by atoms with E-state index in [9.17, 15) is 96.7 Å². The van der Waals surface area contributed by atoms with Crippen LogP contribution in [0, 0.1) is 0 Å². The van der Waals surface area contributed by atoms with E-state index in [2.05, 4.69) is 0 Å². The van der Waals surface area contributed by atoms with E-state index < -0.39 is 230 Å². The summed E-state index contributed by atoms with van der Waals surface area (Å²) in [7, 11) is 0. The number of ether oxygens (including phenoxy) is 13. The second-order valence-electron chi connectivity index (χ2n) is 17.2. The summed E-state index contributed by atoms with van der Waals surface area (Å²) >= 11 is 0. The van der Waals surface area contributed by atoms with Crippen molar-refractivity contribution in [2.45, 2.75) is 184 Å². The van der Waals surface area contributed by atoms with Gasteiger partial charge in [0, 0.05) is 0 Å². The molecule has 69 heavy (non-hydrogen) atoms. The lowest BCUT2D eigenvalue weighted by atomic mass is 9.94. The van der Waals surface area contributed by atoms with Crippen molar-refractivity contribution < 1.29 is 158 Å². The van der Waals surface area contributed by atoms with Gasteiger partial charge in [0.25, 0.3) is 0 Å². The van der Waals surface area contributed by atoms with Crippen LogP contribution in [0.5, 0.6) is 0 Å². The molecular weight excluding hydrogens is 956 g/mol. The average molecular weight is 1020 g/mol. The van der Waals surface area contributed by atoms with Gasteiger partial charge in [0.2, 0.25) is 0 Å². The van der Waals surface area contributed by atoms with E-state index in [-0.39, 0.29) is 0 Å². The van der Waals surface area contributed by atoms with E-state index in [0.717, 1.165) is 0 Å². The second-order valence-corrected chi connectivity index (χ2v) is 17.2. The van der Waals surface area contributed by atoms with E-state index in [0.29, 0.717) is 0 Å². The van der Waals surface area contributed by atoms with E-state index in [1.54, 1.807) is 0 Å². The van der Waals surface area contributed by atoms with Gasteiger partial charge in [-0.2, -0.15) is 0 Å². The Morgan fingerprint density at radius 1 is 0.290 bits per heavy atom. The summed E-state index contributed by atoms with van der Waals surface area (Å²) < 4.78 is 72.9. The van der Waals surface area contributed by atoms with Crippen LogP contribution in [0.25, 0.3) is 0 Å². The normalized spacial score (nSPS) is 53.3. The van der Waals surface area contributed by atoms with Gasteiger partial charge in [0.05, 0.1) is 39.6 Å². The Labute approximate surface area is 388 Å². The lowest BCUT2D eigenvalue weighted by Crippen LogP contribution is -2.69. The summed E-state index contributed by atoms with van der Waals surface area (Å²) in [6.45, 7) is -6.31. The molecule has 18 N–H and O–H groups in total. The molecule has 0 aliphatic carbocycles. The van der Waals surface area contributed by atoms with Gasteiger partial charge in [-0.3, -0.25) is 0 Å². The molecule has 22 aliphatic rings. The van der Waals surface area contributed by atoms with Gasteiger partial charge in [-0.15, -0.1) is 0 Å². The Morgan fingerprint density at radius 3 is 0.681 bits per heavy atom. The molecule has 0 aromatic carbocycles. The molecule has 0 radical (unpaired) electrons. The lowest BCUT2D eigenvalue weighted by molar-refractivity contribution is -0.404. The van der Waals surface area contributed by atoms with Crippen molar-refractivity contribution in [1.82, 2.24) is 0 Å². The van der Waals surface area contributed by atoms with Crippen LogP contribution in [0.4, 0.5) is 4.79 Å². The number of carboxylic acid groups (broad SMARTS) is 1. The Bertz CT molecular complexity index is 1630. The van der Waals surface area contributed by atoms with Crippen LogP contribution in [-0.4, -0.2) is 322 Å². The van der Waals surface area contributed by atoms with Crippen molar-refractivity contribution >= 4 is 6.16 Å². The van der Waals surface area contributed by atoms with Gasteiger partial charge in [-0.25, -0.2) is 4.79 Å². The molecule has 22 aliphatic heterocycles. The van der Waals surface area contributed by atoms with E-state index in [4.69, 9.17) is 61.6 Å². The van der Waals surface area contributed by atoms with Crippen LogP contribution in [0.3, 0.4) is 0 Å². The Morgan fingerprint density at radius 2 is 0.478 bits per heavy atom. The molecule has 0 aromatic rings. The molecular formula is C37H60O32. The standard InChI is InChI=1S/C37H60O32/c38-1-7-24-13(44)18(49)31(57-7)64-25-8(2-39)59-33(20(51)15(25)46)66-27-10(4-41)61-35(22(53)17(27)48)68-29-12(6-43)62-36(23(54)30(29)69-37(55)56)67-28-11(5-42)60-34(21(52)16(28)47)65-26-9(3-40)58-32(63-24)19(50)14(26)45/h7-36,38-54H,1-6H2,(H,55,56)/t7-,8-,9-,10-,11-,12-,13-,14-,15-,16-,17-,18-,19-,20-,21-,22-,23-,24-,25-,26-,27-,28-,29+,30-,31-,32-,33-,34-,35-,36-/m1/s1. The lowest BCUT2D eigenvalue weighted by Gasteiger charge is -2.50. The maximum absolute atomic E-state index is 11.9. The summed E-state index contributed by atoms with van der Waals surface area (Å²) in [5.41, 5.74) is 0. The van der Waals surface area contributed by atoms with Gasteiger partial charge < -0.3 is 153 Å². The summed E-state index contributed by atoms with van der Waals surface area (Å²) in [6.07, 6.45) is -62.5. The molecule has 22 rings (SSSR count). The first-order chi connectivity index (χ1) is 32.8. The summed E-state index contributed by atoms with van der Waals surface area (Å²) in [5.74, 6) is 0. The molecule has 0 unspecified atom stereocenters. The molecule has 22 saturated heterocycles. The van der Waals surface area contributed by atoms with E-state index >= 15 is 0 Å². The zero-order valence-corrected chi connectivity index (χ0v) is 35.8. The Balaban J connectivity index is 1.22. The monoisotopic (exact) mass is 1020 g/mol. The van der Waals surface area contributed by atoms with Crippen LogP contribution in [0.15, 0.2) is 0 Å². The first kappa shape index (κ1) is 54.9. The molecule has 30 atom stereocenters. The fourth-order valence-corrected chi connectivity index (χ4v) is 9.16. The fourth-order valence-electron chi connectivity index (χ4n) is 9.16. The topological polar surface area (TPSA) is 501 Å². The molecule has 400 valence electrons. The minimum atomic E-state index is -2.30. The van der Waals surface area contributed by atoms with Crippen LogP contribution < -0.4 is 0 Å². The first-order valence-corrected chi connectivity index (χ1v) is 21.7. The highest BCUT2D eigenvalue weighted by molar-refractivity contribution is 5.57. The predicted octanol–water partition coefficient (Wildman–Crippen LogP) is -12.4. The molecule has 0 saturated carbocycles. The van der Waals surface area contributed by atoms with E-state index in [1.807, 2.05) is 0 Å². The minimum Gasteiger partial charge on any atom is -0.450 e. The third kappa shape index (κ3) is 10.9. The predicted molar refractivity (Wildman–Crippen MR) is 203 cm³/mol. The summed E-state index contributed by atoms with van der Waals surface area (Å²) in [5, 5.41) is 195. The molecule has 32 nitrogen and oxygen atoms in total. The average Bonchev–Trinajstić information content (AvgIpc) is 3.33. The molecule has 22 fully saturated rings. The third-order valence-corrected chi connectivity index (χ3v) is 12.9. The quantitative estimate of drug-likeness (QED) is 0.105. The fraction of sp³-hybridized carbons (Fsp3) is 0.973. The number of carbonyl (C=O) groups is 1. The van der Waals surface area contributed by atoms with Crippen molar-refractivity contribution in [2.75, 3.05) is 39.6 Å². The smallest absolute Gasteiger partial charge is 0.450 e. The summed E-state index contributed by atoms with van der Waals surface area (Å²) in [6, 6.07) is 0. The molecule has 22 heterocycles. The highest BCUT2D eigenvalue weighted by Crippen LogP contribution is 2.38. The van der Waals surface area contributed by atoms with Gasteiger partial charge in [0.15, 0.2) is 43.8 Å². The number of hydrogen-bond donors (Lipinski definition) is 18. The number of aliphatic hydroxyl groups excluding tert-OH is 17. The van der Waals surface area contributed by atoms with Crippen LogP contribution in [0.1, 0.15) is 0 Å². The number of aliphatic hydroxyl groups is 17. The zero-order chi connectivity index (χ0) is 50.3. The first-order valence-electron chi connectivity index (χ1n) is 21.7. The largest absolute Gasteiger partial charge is 0.506 e. The van der Waals surface area contributed by atoms with E-state index in [1.165, 1.54) is 0 Å². The zero-order valence-electron chi connectivity index (χ0n) is 35.8. The van der Waals surface area contributed by atoms with Gasteiger partial charge in [-0.1, -0.05) is 0 Å². The molecule has 0 spiro atoms. The SMILES string of the molecule is O=C(O)O[C@@H]1[C@@H](O)[C@H]2O[C@H]3[C@H](O)[C@@H](O)[C@@H](O[C@H]4[C@H](O)[C@@H](O)[C@@H](O[C@H]5[C@H](O)[C@@H](O)[C@@H](O[C@H]6[C@H](O)[C@@H](O)[C@@H](O[C@H]7[C@H](O)[C@@H](O)[C@@H](O[C@H]1[C@@H](CO)O2)O[C@@H]7CO)O[C@@H]6CO)O[C@@H]5CO)O[C@@H]4CO)O[C@@H]3CO. The van der Waals surface area contributed by atoms with Crippen molar-refractivity contribution in [3.05, 3.63) is 0 Å². The number of rotatable bonds is 7. The minimum absolute atomic E-state index is 1.02. The summed E-state index contributed by atoms with van der Waals surface area (Å²) in [4.78, 5) is 11.9. The number of hydrogen-bond acceptors (Lipinski definition) is 31. The maximum atomic E-state index is 11.9. The third-order valence-electron chi connectivity index (χ3n) is 12.9. The molecule has 32 heteroatoms. The molecule has 0 aromatic heterocycles. The van der Waals surface area contributed by atoms with Gasteiger partial charge in [-0.05, 0) is 0 Å². The highest BCUT2D eigenvalue weighted by Gasteiger charge is 2.59. The van der Waals surface area contributed by atoms with Crippen molar-refractivity contribution in [1.29, 1.82) is 0 Å². The van der Waals surface area contributed by atoms with Crippen molar-refractivity contribution in [3.63, 3.8) is 0 Å². The Kier molecular flexibility index (Phi) is 18.4. The van der Waals surface area contributed by atoms with Crippen molar-refractivity contribution in [3.8, 4) is 0 Å².